The number of benzene rings is 1. The van der Waals surface area contributed by atoms with Gasteiger partial charge in [-0.05, 0) is 38.0 Å². The van der Waals surface area contributed by atoms with Crippen molar-refractivity contribution in [1.82, 2.24) is 10.2 Å². The molecule has 1 heterocycles. The monoisotopic (exact) mass is 280 g/mol. The van der Waals surface area contributed by atoms with E-state index in [-0.39, 0.29) is 18.8 Å². The van der Waals surface area contributed by atoms with Gasteiger partial charge < -0.3 is 10.1 Å². The van der Waals surface area contributed by atoms with Crippen molar-refractivity contribution < 1.29 is 9.13 Å². The van der Waals surface area contributed by atoms with E-state index in [1.807, 2.05) is 26.0 Å². The van der Waals surface area contributed by atoms with E-state index in [4.69, 9.17) is 4.74 Å². The zero-order valence-electron chi connectivity index (χ0n) is 12.4. The summed E-state index contributed by atoms with van der Waals surface area (Å²) in [6.45, 7) is 7.68. The van der Waals surface area contributed by atoms with Crippen LogP contribution in [0.2, 0.25) is 0 Å². The molecular formula is C16H25FN2O. The Morgan fingerprint density at radius 2 is 1.85 bits per heavy atom. The minimum Gasteiger partial charge on any atom is -0.491 e. The second-order valence-corrected chi connectivity index (χ2v) is 5.52. The molecule has 1 atom stereocenters. The van der Waals surface area contributed by atoms with Gasteiger partial charge in [-0.3, -0.25) is 9.29 Å². The van der Waals surface area contributed by atoms with E-state index in [0.717, 1.165) is 31.9 Å². The van der Waals surface area contributed by atoms with E-state index in [9.17, 15) is 4.39 Å². The van der Waals surface area contributed by atoms with Crippen molar-refractivity contribution in [2.45, 2.75) is 32.4 Å². The minimum absolute atomic E-state index is 0.176. The molecule has 1 fully saturated rings. The third-order valence-electron chi connectivity index (χ3n) is 3.61. The summed E-state index contributed by atoms with van der Waals surface area (Å²) in [6, 6.07) is 8.29. The average Bonchev–Trinajstić information content (AvgIpc) is 2.46. The molecule has 1 aliphatic rings. The zero-order chi connectivity index (χ0) is 14.4. The van der Waals surface area contributed by atoms with Gasteiger partial charge in [0.15, 0.2) is 0 Å². The first-order valence-corrected chi connectivity index (χ1v) is 7.48. The molecule has 0 radical (unpaired) electrons. The molecule has 0 amide bonds. The fourth-order valence-corrected chi connectivity index (χ4v) is 2.70. The van der Waals surface area contributed by atoms with E-state index in [0.29, 0.717) is 6.42 Å². The minimum atomic E-state index is -0.279. The Kier molecular flexibility index (Phi) is 5.80. The van der Waals surface area contributed by atoms with Crippen molar-refractivity contribution in [3.8, 4) is 5.75 Å². The van der Waals surface area contributed by atoms with Crippen molar-refractivity contribution in [3.63, 3.8) is 0 Å². The number of hydrogen-bond donors (Lipinski definition) is 1. The quantitative estimate of drug-likeness (QED) is 0.867. The Balaban J connectivity index is 2.07. The molecule has 1 N–H and O–H groups in total. The summed E-state index contributed by atoms with van der Waals surface area (Å²) in [5.74, 6) is 0.878. The van der Waals surface area contributed by atoms with Gasteiger partial charge in [0, 0.05) is 32.2 Å². The van der Waals surface area contributed by atoms with Crippen LogP contribution in [0.4, 0.5) is 4.39 Å². The highest BCUT2D eigenvalue weighted by atomic mass is 19.1. The maximum Gasteiger partial charge on any atom is 0.119 e. The molecule has 0 spiro atoms. The van der Waals surface area contributed by atoms with Crippen LogP contribution in [-0.4, -0.2) is 43.9 Å². The van der Waals surface area contributed by atoms with Crippen LogP contribution < -0.4 is 10.1 Å². The Morgan fingerprint density at radius 1 is 1.20 bits per heavy atom. The molecule has 1 aromatic carbocycles. The highest BCUT2D eigenvalue weighted by molar-refractivity contribution is 5.29. The van der Waals surface area contributed by atoms with Crippen LogP contribution in [0.3, 0.4) is 0 Å². The van der Waals surface area contributed by atoms with E-state index in [1.54, 1.807) is 0 Å². The molecule has 1 aromatic rings. The lowest BCUT2D eigenvalue weighted by Gasteiger charge is -2.35. The summed E-state index contributed by atoms with van der Waals surface area (Å²) in [4.78, 5) is 2.37. The van der Waals surface area contributed by atoms with Crippen molar-refractivity contribution in [1.29, 1.82) is 0 Å². The molecule has 4 heteroatoms. The molecule has 0 unspecified atom stereocenters. The molecular weight excluding hydrogens is 255 g/mol. The number of hydrogen-bond acceptors (Lipinski definition) is 3. The van der Waals surface area contributed by atoms with Gasteiger partial charge in [0.05, 0.1) is 12.8 Å². The van der Waals surface area contributed by atoms with Crippen LogP contribution in [0.25, 0.3) is 0 Å². The molecule has 3 nitrogen and oxygen atoms in total. The summed E-state index contributed by atoms with van der Waals surface area (Å²) < 4.78 is 18.5. The van der Waals surface area contributed by atoms with Gasteiger partial charge in [0.2, 0.25) is 0 Å². The highest BCUT2D eigenvalue weighted by Gasteiger charge is 2.21. The summed E-state index contributed by atoms with van der Waals surface area (Å²) in [5.41, 5.74) is 1.18. The summed E-state index contributed by atoms with van der Waals surface area (Å²) in [6.07, 6.45) is 0.736. The van der Waals surface area contributed by atoms with Gasteiger partial charge in [-0.25, -0.2) is 0 Å². The maximum absolute atomic E-state index is 12.9. The summed E-state index contributed by atoms with van der Waals surface area (Å²) in [7, 11) is 0. The van der Waals surface area contributed by atoms with E-state index < -0.39 is 0 Å². The number of rotatable bonds is 6. The van der Waals surface area contributed by atoms with Gasteiger partial charge in [-0.1, -0.05) is 12.1 Å². The number of halogens is 1. The van der Waals surface area contributed by atoms with Gasteiger partial charge in [-0.15, -0.1) is 0 Å². The van der Waals surface area contributed by atoms with Crippen molar-refractivity contribution >= 4 is 0 Å². The third-order valence-corrected chi connectivity index (χ3v) is 3.61. The molecule has 0 aromatic heterocycles. The van der Waals surface area contributed by atoms with Crippen molar-refractivity contribution in [2.24, 2.45) is 0 Å². The van der Waals surface area contributed by atoms with Crippen LogP contribution in [0.15, 0.2) is 24.3 Å². The lowest BCUT2D eigenvalue weighted by Crippen LogP contribution is -2.45. The van der Waals surface area contributed by atoms with Crippen LogP contribution in [0, 0.1) is 0 Å². The predicted octanol–water partition coefficient (Wildman–Crippen LogP) is 2.78. The first-order valence-electron chi connectivity index (χ1n) is 7.48. The summed E-state index contributed by atoms with van der Waals surface area (Å²) in [5, 5.41) is 3.34. The molecule has 0 bridgehead atoms. The van der Waals surface area contributed by atoms with Crippen LogP contribution in [-0.2, 0) is 0 Å². The lowest BCUT2D eigenvalue weighted by molar-refractivity contribution is 0.157. The number of nitrogens with one attached hydrogen (secondary N) is 1. The van der Waals surface area contributed by atoms with E-state index in [1.165, 1.54) is 5.56 Å². The largest absolute Gasteiger partial charge is 0.491 e. The van der Waals surface area contributed by atoms with Gasteiger partial charge >= 0.3 is 0 Å². The number of ether oxygens (including phenoxy) is 1. The number of nitrogens with zero attached hydrogens (tertiary/aromatic N) is 1. The van der Waals surface area contributed by atoms with Crippen molar-refractivity contribution in [3.05, 3.63) is 29.8 Å². The summed E-state index contributed by atoms with van der Waals surface area (Å²) >= 11 is 0. The van der Waals surface area contributed by atoms with Gasteiger partial charge in [0.25, 0.3) is 0 Å². The SMILES string of the molecule is CC(C)Oc1ccc([C@H](CCF)N2CCNCC2)cc1. The fourth-order valence-electron chi connectivity index (χ4n) is 2.70. The Labute approximate surface area is 121 Å². The molecule has 1 aliphatic heterocycles. The Hall–Kier alpha value is -1.13. The highest BCUT2D eigenvalue weighted by Crippen LogP contribution is 2.26. The molecule has 2 rings (SSSR count). The second kappa shape index (κ2) is 7.60. The number of alkyl halides is 1. The first kappa shape index (κ1) is 15.3. The van der Waals surface area contributed by atoms with Crippen molar-refractivity contribution in [2.75, 3.05) is 32.9 Å². The molecule has 112 valence electrons. The smallest absolute Gasteiger partial charge is 0.119 e. The standard InChI is InChI=1S/C16H25FN2O/c1-13(2)20-15-5-3-14(4-6-15)16(7-8-17)19-11-9-18-10-12-19/h3-6,13,16,18H,7-12H2,1-2H3/t16-/m0/s1. The molecule has 1 saturated heterocycles. The fraction of sp³-hybridized carbons (Fsp3) is 0.625. The average molecular weight is 280 g/mol. The predicted molar refractivity (Wildman–Crippen MR) is 80.0 cm³/mol. The van der Waals surface area contributed by atoms with Crippen LogP contribution in [0.5, 0.6) is 5.75 Å². The second-order valence-electron chi connectivity index (χ2n) is 5.52. The normalized spacial score (nSPS) is 18.2. The number of piperazine rings is 1. The van der Waals surface area contributed by atoms with Crippen LogP contribution >= 0.6 is 0 Å². The lowest BCUT2D eigenvalue weighted by atomic mass is 10.0. The maximum atomic E-state index is 12.9. The topological polar surface area (TPSA) is 24.5 Å². The zero-order valence-corrected chi connectivity index (χ0v) is 12.4. The van der Waals surface area contributed by atoms with E-state index >= 15 is 0 Å². The molecule has 20 heavy (non-hydrogen) atoms. The van der Waals surface area contributed by atoms with E-state index in [2.05, 4.69) is 22.3 Å². The molecule has 0 aliphatic carbocycles. The van der Waals surface area contributed by atoms with Gasteiger partial charge in [-0.2, -0.15) is 0 Å². The van der Waals surface area contributed by atoms with Gasteiger partial charge in [0.1, 0.15) is 5.75 Å². The Morgan fingerprint density at radius 3 is 2.40 bits per heavy atom. The first-order chi connectivity index (χ1) is 9.70. The van der Waals surface area contributed by atoms with Crippen LogP contribution in [0.1, 0.15) is 31.9 Å². The molecule has 0 saturated carbocycles. The third kappa shape index (κ3) is 4.18. The Bertz CT molecular complexity index is 388.